The maximum atomic E-state index is 11.8. The largest absolute Gasteiger partial charge is 0.489 e. The minimum Gasteiger partial charge on any atom is -0.489 e. The Hall–Kier alpha value is -1.77. The number of ether oxygens (including phenoxy) is 1. The second-order valence-electron chi connectivity index (χ2n) is 4.24. The fourth-order valence-electron chi connectivity index (χ4n) is 2.18. The first-order valence-corrected chi connectivity index (χ1v) is 5.41. The fraction of sp³-hybridized carbons (Fsp3) is 0.308. The summed E-state index contributed by atoms with van der Waals surface area (Å²) in [6, 6.07) is 7.47. The average Bonchev–Trinajstić information content (AvgIpc) is 2.57. The Morgan fingerprint density at radius 3 is 2.75 bits per heavy atom. The molecule has 1 aliphatic heterocycles. The van der Waals surface area contributed by atoms with Crippen molar-refractivity contribution in [2.24, 2.45) is 0 Å². The van der Waals surface area contributed by atoms with E-state index in [2.05, 4.69) is 0 Å². The third-order valence-corrected chi connectivity index (χ3v) is 3.26. The van der Waals surface area contributed by atoms with Gasteiger partial charge < -0.3 is 9.15 Å². The summed E-state index contributed by atoms with van der Waals surface area (Å²) >= 11 is 0. The van der Waals surface area contributed by atoms with Gasteiger partial charge in [0.25, 0.3) is 0 Å². The highest BCUT2D eigenvalue weighted by Gasteiger charge is 2.33. The van der Waals surface area contributed by atoms with E-state index in [1.807, 2.05) is 32.0 Å². The second-order valence-corrected chi connectivity index (χ2v) is 4.24. The van der Waals surface area contributed by atoms with Crippen molar-refractivity contribution < 1.29 is 9.15 Å². The van der Waals surface area contributed by atoms with Gasteiger partial charge in [0.1, 0.15) is 17.4 Å². The van der Waals surface area contributed by atoms with Crippen LogP contribution in [0.4, 0.5) is 0 Å². The summed E-state index contributed by atoms with van der Waals surface area (Å²) in [5.74, 6) is 0.794. The second kappa shape index (κ2) is 3.11. The predicted molar refractivity (Wildman–Crippen MR) is 61.0 cm³/mol. The van der Waals surface area contributed by atoms with E-state index >= 15 is 0 Å². The van der Waals surface area contributed by atoms with Crippen LogP contribution in [0, 0.1) is 0 Å². The smallest absolute Gasteiger partial charge is 0.343 e. The van der Waals surface area contributed by atoms with Crippen molar-refractivity contribution in [1.82, 2.24) is 0 Å². The summed E-state index contributed by atoms with van der Waals surface area (Å²) in [5.41, 5.74) is 0.990. The van der Waals surface area contributed by atoms with Gasteiger partial charge in [0.15, 0.2) is 0 Å². The number of fused-ring (bicyclic) bond motifs is 3. The van der Waals surface area contributed by atoms with Crippen LogP contribution in [-0.2, 0) is 0 Å². The van der Waals surface area contributed by atoms with Gasteiger partial charge in [0, 0.05) is 5.92 Å². The molecule has 2 atom stereocenters. The molecule has 0 radical (unpaired) electrons. The summed E-state index contributed by atoms with van der Waals surface area (Å²) in [4.78, 5) is 11.8. The summed E-state index contributed by atoms with van der Waals surface area (Å²) in [6.45, 7) is 3.96. The van der Waals surface area contributed by atoms with Crippen molar-refractivity contribution >= 4 is 11.0 Å². The molecule has 3 nitrogen and oxygen atoms in total. The van der Waals surface area contributed by atoms with E-state index in [0.29, 0.717) is 16.9 Å². The lowest BCUT2D eigenvalue weighted by molar-refractivity contribution is 0.234. The lowest BCUT2D eigenvalue weighted by Gasteiger charge is -2.06. The molecule has 2 heterocycles. The first-order chi connectivity index (χ1) is 7.68. The van der Waals surface area contributed by atoms with Crippen molar-refractivity contribution in [3.63, 3.8) is 0 Å². The average molecular weight is 216 g/mol. The lowest BCUT2D eigenvalue weighted by atomic mass is 9.99. The monoisotopic (exact) mass is 216 g/mol. The number of hydrogen-bond donors (Lipinski definition) is 0. The highest BCUT2D eigenvalue weighted by atomic mass is 16.5. The minimum atomic E-state index is -0.273. The zero-order valence-corrected chi connectivity index (χ0v) is 9.19. The molecular formula is C13H12O3. The third kappa shape index (κ3) is 1.11. The topological polar surface area (TPSA) is 39.4 Å². The van der Waals surface area contributed by atoms with Crippen molar-refractivity contribution in [2.45, 2.75) is 25.9 Å². The molecule has 0 fully saturated rings. The molecule has 2 aromatic rings. The third-order valence-electron chi connectivity index (χ3n) is 3.26. The van der Waals surface area contributed by atoms with Crippen molar-refractivity contribution in [2.75, 3.05) is 0 Å². The van der Waals surface area contributed by atoms with E-state index in [0.717, 1.165) is 5.39 Å². The number of rotatable bonds is 0. The molecule has 3 rings (SSSR count). The van der Waals surface area contributed by atoms with Crippen LogP contribution in [0.5, 0.6) is 5.75 Å². The maximum Gasteiger partial charge on any atom is 0.343 e. The number of hydrogen-bond acceptors (Lipinski definition) is 3. The Morgan fingerprint density at radius 1 is 1.19 bits per heavy atom. The van der Waals surface area contributed by atoms with Gasteiger partial charge >= 0.3 is 5.63 Å². The van der Waals surface area contributed by atoms with Gasteiger partial charge in [-0.25, -0.2) is 4.79 Å². The summed E-state index contributed by atoms with van der Waals surface area (Å²) in [7, 11) is 0. The Morgan fingerprint density at radius 2 is 1.94 bits per heavy atom. The molecule has 1 aromatic carbocycles. The highest BCUT2D eigenvalue weighted by Crippen LogP contribution is 2.40. The zero-order valence-electron chi connectivity index (χ0n) is 9.19. The molecule has 0 saturated carbocycles. The van der Waals surface area contributed by atoms with Crippen LogP contribution in [0.3, 0.4) is 0 Å². The molecule has 0 aliphatic carbocycles. The van der Waals surface area contributed by atoms with E-state index in [1.54, 1.807) is 6.07 Å². The molecule has 3 heteroatoms. The molecule has 0 amide bonds. The highest BCUT2D eigenvalue weighted by molar-refractivity contribution is 5.85. The van der Waals surface area contributed by atoms with E-state index in [9.17, 15) is 4.79 Å². The van der Waals surface area contributed by atoms with E-state index < -0.39 is 0 Å². The molecule has 0 saturated heterocycles. The van der Waals surface area contributed by atoms with E-state index in [1.165, 1.54) is 0 Å². The Bertz CT molecular complexity index is 612. The van der Waals surface area contributed by atoms with Crippen LogP contribution >= 0.6 is 0 Å². The van der Waals surface area contributed by atoms with Crippen LogP contribution < -0.4 is 10.4 Å². The van der Waals surface area contributed by atoms with Crippen LogP contribution in [0.1, 0.15) is 25.3 Å². The van der Waals surface area contributed by atoms with Crippen LogP contribution in [0.15, 0.2) is 33.5 Å². The quantitative estimate of drug-likeness (QED) is 0.635. The van der Waals surface area contributed by atoms with E-state index in [4.69, 9.17) is 9.15 Å². The Kier molecular flexibility index (Phi) is 1.84. The summed E-state index contributed by atoms with van der Waals surface area (Å²) < 4.78 is 11.0. The van der Waals surface area contributed by atoms with Crippen LogP contribution in [-0.4, -0.2) is 6.10 Å². The normalized spacial score (nSPS) is 23.1. The predicted octanol–water partition coefficient (Wildman–Crippen LogP) is 2.68. The van der Waals surface area contributed by atoms with Gasteiger partial charge in [-0.2, -0.15) is 0 Å². The summed E-state index contributed by atoms with van der Waals surface area (Å²) in [6.07, 6.45) is 0.0312. The minimum absolute atomic E-state index is 0.0312. The van der Waals surface area contributed by atoms with Gasteiger partial charge in [0.05, 0.1) is 10.9 Å². The molecule has 0 spiro atoms. The molecule has 16 heavy (non-hydrogen) atoms. The van der Waals surface area contributed by atoms with Gasteiger partial charge in [-0.1, -0.05) is 19.1 Å². The van der Waals surface area contributed by atoms with Gasteiger partial charge in [-0.3, -0.25) is 0 Å². The number of para-hydroxylation sites is 1. The fourth-order valence-corrected chi connectivity index (χ4v) is 2.18. The first-order valence-electron chi connectivity index (χ1n) is 5.41. The maximum absolute atomic E-state index is 11.8. The summed E-state index contributed by atoms with van der Waals surface area (Å²) in [5, 5.41) is 0.883. The van der Waals surface area contributed by atoms with Crippen molar-refractivity contribution in [1.29, 1.82) is 0 Å². The Balaban J connectivity index is 2.44. The molecule has 2 unspecified atom stereocenters. The molecular weight excluding hydrogens is 204 g/mol. The molecule has 82 valence electrons. The first kappa shape index (κ1) is 9.46. The molecule has 1 aliphatic rings. The lowest BCUT2D eigenvalue weighted by Crippen LogP contribution is -2.14. The van der Waals surface area contributed by atoms with E-state index in [-0.39, 0.29) is 17.6 Å². The standard InChI is InChI=1S/C13H12O3/c1-7-8(2)15-12-9-5-3-4-6-10(9)16-13(14)11(7)12/h3-8H,1-2H3. The molecule has 1 aromatic heterocycles. The Labute approximate surface area is 92.6 Å². The van der Waals surface area contributed by atoms with Crippen LogP contribution in [0.25, 0.3) is 11.0 Å². The molecule has 0 bridgehead atoms. The van der Waals surface area contributed by atoms with Crippen molar-refractivity contribution in [3.8, 4) is 5.75 Å². The van der Waals surface area contributed by atoms with Gasteiger partial charge in [0.2, 0.25) is 0 Å². The number of benzene rings is 1. The molecule has 0 N–H and O–H groups in total. The van der Waals surface area contributed by atoms with Gasteiger partial charge in [-0.05, 0) is 19.1 Å². The SMILES string of the molecule is CC1Oc2c(c(=O)oc3ccccc23)C1C. The zero-order chi connectivity index (χ0) is 11.3. The van der Waals surface area contributed by atoms with Gasteiger partial charge in [-0.15, -0.1) is 0 Å². The van der Waals surface area contributed by atoms with Crippen LogP contribution in [0.2, 0.25) is 0 Å². The van der Waals surface area contributed by atoms with Crippen molar-refractivity contribution in [3.05, 3.63) is 40.2 Å².